The van der Waals surface area contributed by atoms with Gasteiger partial charge in [-0.3, -0.25) is 9.59 Å². The van der Waals surface area contributed by atoms with Crippen LogP contribution in [0.2, 0.25) is 0 Å². The molecule has 0 aliphatic carbocycles. The van der Waals surface area contributed by atoms with E-state index in [1.165, 1.54) is 6.33 Å². The van der Waals surface area contributed by atoms with Gasteiger partial charge < -0.3 is 20.6 Å². The molecule has 2 aromatic heterocycles. The van der Waals surface area contributed by atoms with Crippen molar-refractivity contribution in [3.63, 3.8) is 0 Å². The standard InChI is InChI=1S/C15H20FN5O2/c1-9(21-15(23)13-10(2)19-8-20-13)4-3-5-17-14(22)12-6-11(16)7-18-12/h6-9,18H,3-5H2,1-2H3,(H,17,22)(H,19,20)(H,21,23). The fraction of sp³-hybridized carbons (Fsp3) is 0.400. The van der Waals surface area contributed by atoms with E-state index in [1.54, 1.807) is 6.92 Å². The van der Waals surface area contributed by atoms with Gasteiger partial charge >= 0.3 is 0 Å². The van der Waals surface area contributed by atoms with Gasteiger partial charge in [-0.05, 0) is 26.7 Å². The Labute approximate surface area is 133 Å². The summed E-state index contributed by atoms with van der Waals surface area (Å²) in [6, 6.07) is 1.10. The van der Waals surface area contributed by atoms with Gasteiger partial charge in [0.05, 0.1) is 6.33 Å². The van der Waals surface area contributed by atoms with Gasteiger partial charge in [0, 0.05) is 30.5 Å². The predicted molar refractivity (Wildman–Crippen MR) is 82.6 cm³/mol. The van der Waals surface area contributed by atoms with E-state index in [9.17, 15) is 14.0 Å². The summed E-state index contributed by atoms with van der Waals surface area (Å²) in [6.07, 6.45) is 4.00. The molecule has 0 aromatic carbocycles. The molecule has 7 nitrogen and oxygen atoms in total. The number of rotatable bonds is 7. The van der Waals surface area contributed by atoms with Gasteiger partial charge in [0.1, 0.15) is 17.2 Å². The largest absolute Gasteiger partial charge is 0.355 e. The number of aromatic amines is 2. The number of carbonyl (C=O) groups excluding carboxylic acids is 2. The van der Waals surface area contributed by atoms with Crippen molar-refractivity contribution in [3.05, 3.63) is 41.5 Å². The number of nitrogens with one attached hydrogen (secondary N) is 4. The highest BCUT2D eigenvalue weighted by molar-refractivity contribution is 5.93. The Morgan fingerprint density at radius 1 is 1.35 bits per heavy atom. The molecule has 124 valence electrons. The lowest BCUT2D eigenvalue weighted by Gasteiger charge is -2.13. The summed E-state index contributed by atoms with van der Waals surface area (Å²) in [7, 11) is 0. The van der Waals surface area contributed by atoms with E-state index in [-0.39, 0.29) is 23.6 Å². The summed E-state index contributed by atoms with van der Waals surface area (Å²) in [5, 5.41) is 5.55. The van der Waals surface area contributed by atoms with Gasteiger partial charge in [0.2, 0.25) is 0 Å². The van der Waals surface area contributed by atoms with Gasteiger partial charge in [-0.25, -0.2) is 9.37 Å². The average Bonchev–Trinajstić information content (AvgIpc) is 3.11. The number of carbonyl (C=O) groups is 2. The minimum absolute atomic E-state index is 0.0431. The van der Waals surface area contributed by atoms with Gasteiger partial charge in [-0.2, -0.15) is 0 Å². The molecule has 0 aliphatic heterocycles. The Hall–Kier alpha value is -2.64. The summed E-state index contributed by atoms with van der Waals surface area (Å²) in [4.78, 5) is 33.0. The predicted octanol–water partition coefficient (Wildman–Crippen LogP) is 1.51. The number of hydrogen-bond acceptors (Lipinski definition) is 3. The first kappa shape index (κ1) is 16.7. The lowest BCUT2D eigenvalue weighted by molar-refractivity contribution is 0.0923. The molecule has 2 heterocycles. The van der Waals surface area contributed by atoms with Crippen LogP contribution >= 0.6 is 0 Å². The molecule has 2 rings (SSSR count). The van der Waals surface area contributed by atoms with Crippen molar-refractivity contribution in [2.45, 2.75) is 32.7 Å². The van der Waals surface area contributed by atoms with E-state index in [0.29, 0.717) is 25.1 Å². The van der Waals surface area contributed by atoms with E-state index in [1.807, 2.05) is 6.92 Å². The van der Waals surface area contributed by atoms with E-state index in [0.717, 1.165) is 18.0 Å². The maximum Gasteiger partial charge on any atom is 0.271 e. The molecule has 2 aromatic rings. The Morgan fingerprint density at radius 2 is 2.13 bits per heavy atom. The molecule has 0 spiro atoms. The van der Waals surface area contributed by atoms with Crippen LogP contribution in [0.4, 0.5) is 4.39 Å². The Morgan fingerprint density at radius 3 is 2.74 bits per heavy atom. The number of halogens is 1. The third-order valence-corrected chi connectivity index (χ3v) is 3.41. The fourth-order valence-electron chi connectivity index (χ4n) is 2.16. The lowest BCUT2D eigenvalue weighted by atomic mass is 10.1. The number of amides is 2. The van der Waals surface area contributed by atoms with Gasteiger partial charge in [-0.15, -0.1) is 0 Å². The molecule has 23 heavy (non-hydrogen) atoms. The molecule has 0 fully saturated rings. The second kappa shape index (κ2) is 7.57. The molecule has 0 bridgehead atoms. The van der Waals surface area contributed by atoms with Crippen LogP contribution in [0.15, 0.2) is 18.6 Å². The summed E-state index contributed by atoms with van der Waals surface area (Å²) in [5.41, 5.74) is 1.30. The molecule has 4 N–H and O–H groups in total. The molecule has 0 saturated heterocycles. The summed E-state index contributed by atoms with van der Waals surface area (Å²) in [6.45, 7) is 4.12. The summed E-state index contributed by atoms with van der Waals surface area (Å²) in [5.74, 6) is -1.04. The molecule has 0 saturated carbocycles. The summed E-state index contributed by atoms with van der Waals surface area (Å²) < 4.78 is 12.8. The van der Waals surface area contributed by atoms with Gasteiger partial charge in [0.25, 0.3) is 11.8 Å². The van der Waals surface area contributed by atoms with Crippen molar-refractivity contribution < 1.29 is 14.0 Å². The van der Waals surface area contributed by atoms with Crippen LogP contribution in [-0.2, 0) is 0 Å². The van der Waals surface area contributed by atoms with Crippen molar-refractivity contribution in [1.29, 1.82) is 0 Å². The quantitative estimate of drug-likeness (QED) is 0.581. The van der Waals surface area contributed by atoms with E-state index in [4.69, 9.17) is 0 Å². The normalized spacial score (nSPS) is 12.0. The van der Waals surface area contributed by atoms with E-state index >= 15 is 0 Å². The number of imidazole rings is 1. The SMILES string of the molecule is Cc1[nH]cnc1C(=O)NC(C)CCCNC(=O)c1cc(F)c[nH]1. The third-order valence-electron chi connectivity index (χ3n) is 3.41. The molecular formula is C15H20FN5O2. The number of aryl methyl sites for hydroxylation is 1. The second-order valence-corrected chi connectivity index (χ2v) is 5.38. The second-order valence-electron chi connectivity index (χ2n) is 5.38. The molecular weight excluding hydrogens is 301 g/mol. The van der Waals surface area contributed by atoms with Gasteiger partial charge in [0.15, 0.2) is 0 Å². The highest BCUT2D eigenvalue weighted by atomic mass is 19.1. The van der Waals surface area contributed by atoms with Crippen LogP contribution in [0.3, 0.4) is 0 Å². The number of hydrogen-bond donors (Lipinski definition) is 4. The molecule has 1 atom stereocenters. The zero-order valence-electron chi connectivity index (χ0n) is 13.1. The van der Waals surface area contributed by atoms with Crippen LogP contribution in [0.5, 0.6) is 0 Å². The van der Waals surface area contributed by atoms with Crippen LogP contribution in [0, 0.1) is 12.7 Å². The van der Waals surface area contributed by atoms with Crippen molar-refractivity contribution >= 4 is 11.8 Å². The first-order valence-electron chi connectivity index (χ1n) is 7.40. The molecule has 0 radical (unpaired) electrons. The monoisotopic (exact) mass is 321 g/mol. The third kappa shape index (κ3) is 4.67. The lowest BCUT2D eigenvalue weighted by Crippen LogP contribution is -2.34. The van der Waals surface area contributed by atoms with Crippen molar-refractivity contribution in [3.8, 4) is 0 Å². The molecule has 2 amide bonds. The zero-order chi connectivity index (χ0) is 16.8. The first-order valence-corrected chi connectivity index (χ1v) is 7.40. The van der Waals surface area contributed by atoms with Crippen molar-refractivity contribution in [2.24, 2.45) is 0 Å². The Kier molecular flexibility index (Phi) is 5.51. The van der Waals surface area contributed by atoms with Crippen molar-refractivity contribution in [1.82, 2.24) is 25.6 Å². The maximum absolute atomic E-state index is 12.8. The Bertz CT molecular complexity index is 679. The minimum Gasteiger partial charge on any atom is -0.355 e. The number of aromatic nitrogens is 3. The highest BCUT2D eigenvalue weighted by Gasteiger charge is 2.14. The highest BCUT2D eigenvalue weighted by Crippen LogP contribution is 2.03. The maximum atomic E-state index is 12.8. The van der Waals surface area contributed by atoms with Crippen LogP contribution < -0.4 is 10.6 Å². The smallest absolute Gasteiger partial charge is 0.271 e. The minimum atomic E-state index is -0.472. The first-order chi connectivity index (χ1) is 11.0. The van der Waals surface area contributed by atoms with Crippen LogP contribution in [0.1, 0.15) is 46.4 Å². The number of H-pyrrole nitrogens is 2. The molecule has 8 heteroatoms. The van der Waals surface area contributed by atoms with E-state index < -0.39 is 5.82 Å². The molecule has 0 aliphatic rings. The fourth-order valence-corrected chi connectivity index (χ4v) is 2.16. The average molecular weight is 321 g/mol. The van der Waals surface area contributed by atoms with E-state index in [2.05, 4.69) is 25.6 Å². The summed E-state index contributed by atoms with van der Waals surface area (Å²) >= 11 is 0. The molecule has 1 unspecified atom stereocenters. The Balaban J connectivity index is 1.67. The topological polar surface area (TPSA) is 103 Å². The van der Waals surface area contributed by atoms with Gasteiger partial charge in [-0.1, -0.05) is 0 Å². The zero-order valence-corrected chi connectivity index (χ0v) is 13.1. The number of nitrogens with zero attached hydrogens (tertiary/aromatic N) is 1. The van der Waals surface area contributed by atoms with Crippen LogP contribution in [0.25, 0.3) is 0 Å². The van der Waals surface area contributed by atoms with Crippen molar-refractivity contribution in [2.75, 3.05) is 6.54 Å². The van der Waals surface area contributed by atoms with Crippen LogP contribution in [-0.4, -0.2) is 39.4 Å².